The second-order valence-electron chi connectivity index (χ2n) is 4.26. The van der Waals surface area contributed by atoms with Gasteiger partial charge in [0.1, 0.15) is 7.11 Å². The Labute approximate surface area is 105 Å². The molecule has 0 amide bonds. The minimum atomic E-state index is 0.775. The largest absolute Gasteiger partial charge is 0.416 e. The first-order chi connectivity index (χ1) is 8.79. The predicted molar refractivity (Wildman–Crippen MR) is 72.4 cm³/mol. The van der Waals surface area contributed by atoms with Crippen LogP contribution < -0.4 is 10.6 Å². The van der Waals surface area contributed by atoms with Crippen LogP contribution in [0.1, 0.15) is 5.56 Å². The number of nitrogen functional groups attached to an aromatic ring is 1. The maximum Gasteiger partial charge on any atom is 0.158 e. The molecule has 0 aliphatic carbocycles. The van der Waals surface area contributed by atoms with Gasteiger partial charge < -0.3 is 15.1 Å². The van der Waals surface area contributed by atoms with Gasteiger partial charge in [-0.3, -0.25) is 0 Å². The minimum Gasteiger partial charge on any atom is -0.416 e. The lowest BCUT2D eigenvalue weighted by molar-refractivity contribution is 0.176. The van der Waals surface area contributed by atoms with Crippen molar-refractivity contribution in [3.8, 4) is 0 Å². The Morgan fingerprint density at radius 1 is 1.17 bits per heavy atom. The second-order valence-corrected chi connectivity index (χ2v) is 4.26. The molecule has 92 valence electrons. The van der Waals surface area contributed by atoms with Crippen molar-refractivity contribution in [2.45, 2.75) is 6.54 Å². The molecule has 4 heteroatoms. The van der Waals surface area contributed by atoms with Crippen LogP contribution in [0.15, 0.2) is 48.8 Å². The number of rotatable bonds is 3. The van der Waals surface area contributed by atoms with E-state index in [-0.39, 0.29) is 0 Å². The molecule has 18 heavy (non-hydrogen) atoms. The fraction of sp³-hybridized carbons (Fsp3) is 0.143. The van der Waals surface area contributed by atoms with Crippen LogP contribution in [0.2, 0.25) is 0 Å². The Morgan fingerprint density at radius 2 is 1.94 bits per heavy atom. The summed E-state index contributed by atoms with van der Waals surface area (Å²) in [5.74, 6) is 0. The van der Waals surface area contributed by atoms with Gasteiger partial charge in [-0.25, -0.2) is 0 Å². The lowest BCUT2D eigenvalue weighted by Gasteiger charge is -2.08. The highest BCUT2D eigenvalue weighted by molar-refractivity contribution is 5.90. The van der Waals surface area contributed by atoms with Crippen LogP contribution in [0, 0.1) is 0 Å². The van der Waals surface area contributed by atoms with Crippen molar-refractivity contribution in [3.63, 3.8) is 0 Å². The maximum atomic E-state index is 6.01. The van der Waals surface area contributed by atoms with Gasteiger partial charge in [0.05, 0.1) is 5.69 Å². The van der Waals surface area contributed by atoms with Crippen LogP contribution in [0.5, 0.6) is 0 Å². The minimum absolute atomic E-state index is 0.775. The Morgan fingerprint density at radius 3 is 2.67 bits per heavy atom. The van der Waals surface area contributed by atoms with E-state index < -0.39 is 0 Å². The van der Waals surface area contributed by atoms with E-state index in [1.54, 1.807) is 11.8 Å². The molecular weight excluding hydrogens is 226 g/mol. The molecule has 0 saturated carbocycles. The summed E-state index contributed by atoms with van der Waals surface area (Å²) in [7, 11) is 1.65. The van der Waals surface area contributed by atoms with Crippen LogP contribution in [-0.2, 0) is 6.54 Å². The molecule has 0 bridgehead atoms. The van der Waals surface area contributed by atoms with Crippen molar-refractivity contribution in [2.75, 3.05) is 12.8 Å². The van der Waals surface area contributed by atoms with E-state index in [0.717, 1.165) is 23.3 Å². The maximum absolute atomic E-state index is 6.01. The number of hydrogen-bond acceptors (Lipinski definition) is 2. The topological polar surface area (TPSA) is 45.1 Å². The smallest absolute Gasteiger partial charge is 0.158 e. The van der Waals surface area contributed by atoms with Gasteiger partial charge in [-0.1, -0.05) is 30.3 Å². The van der Waals surface area contributed by atoms with E-state index in [9.17, 15) is 0 Å². The first-order valence-electron chi connectivity index (χ1n) is 5.83. The standard InChI is InChI=1S/C14H15N3O/c1-18-17-8-7-12-13(15)10-16(14(12)17)9-11-5-3-2-4-6-11/h2-8,10H,9,15H2,1H3. The van der Waals surface area contributed by atoms with Gasteiger partial charge in [0, 0.05) is 24.3 Å². The molecule has 2 aromatic heterocycles. The van der Waals surface area contributed by atoms with Crippen LogP contribution in [0.3, 0.4) is 0 Å². The average Bonchev–Trinajstić information content (AvgIpc) is 2.94. The highest BCUT2D eigenvalue weighted by atomic mass is 16.6. The molecule has 0 atom stereocenters. The zero-order valence-electron chi connectivity index (χ0n) is 10.2. The quantitative estimate of drug-likeness (QED) is 0.763. The molecule has 0 spiro atoms. The molecule has 0 unspecified atom stereocenters. The molecule has 0 fully saturated rings. The summed E-state index contributed by atoms with van der Waals surface area (Å²) in [5, 5.41) is 1.02. The van der Waals surface area contributed by atoms with Crippen LogP contribution in [0.25, 0.3) is 11.0 Å². The van der Waals surface area contributed by atoms with E-state index in [2.05, 4.69) is 16.7 Å². The van der Waals surface area contributed by atoms with E-state index in [4.69, 9.17) is 10.6 Å². The lowest BCUT2D eigenvalue weighted by Crippen LogP contribution is -2.08. The molecule has 2 heterocycles. The Bertz CT molecular complexity index is 667. The molecular formula is C14H15N3O. The summed E-state index contributed by atoms with van der Waals surface area (Å²) in [6, 6.07) is 12.3. The van der Waals surface area contributed by atoms with Crippen molar-refractivity contribution in [3.05, 3.63) is 54.4 Å². The summed E-state index contributed by atoms with van der Waals surface area (Å²) in [5.41, 5.74) is 9.00. The average molecular weight is 241 g/mol. The molecule has 4 nitrogen and oxygen atoms in total. The first-order valence-corrected chi connectivity index (χ1v) is 5.83. The van der Waals surface area contributed by atoms with E-state index in [1.165, 1.54) is 5.56 Å². The van der Waals surface area contributed by atoms with Crippen LogP contribution >= 0.6 is 0 Å². The van der Waals surface area contributed by atoms with Gasteiger partial charge in [-0.05, 0) is 11.6 Å². The van der Waals surface area contributed by atoms with Crippen molar-refractivity contribution in [1.29, 1.82) is 0 Å². The fourth-order valence-electron chi connectivity index (χ4n) is 2.26. The summed E-state index contributed by atoms with van der Waals surface area (Å²) < 4.78 is 3.83. The summed E-state index contributed by atoms with van der Waals surface area (Å²) in [6.45, 7) is 0.780. The van der Waals surface area contributed by atoms with Gasteiger partial charge in [-0.15, -0.1) is 0 Å². The first kappa shape index (κ1) is 10.8. The number of fused-ring (bicyclic) bond motifs is 1. The molecule has 3 aromatic rings. The Kier molecular flexibility index (Phi) is 2.48. The molecule has 0 aliphatic heterocycles. The Balaban J connectivity index is 2.09. The van der Waals surface area contributed by atoms with Gasteiger partial charge in [0.2, 0.25) is 0 Å². The molecule has 0 saturated heterocycles. The molecule has 1 aromatic carbocycles. The number of anilines is 1. The number of nitrogens with zero attached hydrogens (tertiary/aromatic N) is 2. The van der Waals surface area contributed by atoms with Crippen molar-refractivity contribution in [2.24, 2.45) is 0 Å². The van der Waals surface area contributed by atoms with Gasteiger partial charge in [0.15, 0.2) is 5.65 Å². The summed E-state index contributed by atoms with van der Waals surface area (Å²) in [6.07, 6.45) is 3.83. The third kappa shape index (κ3) is 1.62. The third-order valence-electron chi connectivity index (χ3n) is 3.10. The molecule has 0 aliphatic rings. The van der Waals surface area contributed by atoms with Crippen LogP contribution in [0.4, 0.5) is 5.69 Å². The summed E-state index contributed by atoms with van der Waals surface area (Å²) in [4.78, 5) is 5.30. The molecule has 3 rings (SSSR count). The van der Waals surface area contributed by atoms with Crippen molar-refractivity contribution < 1.29 is 4.84 Å². The van der Waals surface area contributed by atoms with Crippen molar-refractivity contribution >= 4 is 16.7 Å². The fourth-order valence-corrected chi connectivity index (χ4v) is 2.26. The van der Waals surface area contributed by atoms with E-state index >= 15 is 0 Å². The number of nitrogens with two attached hydrogens (primary N) is 1. The second kappa shape index (κ2) is 4.14. The highest BCUT2D eigenvalue weighted by Gasteiger charge is 2.11. The predicted octanol–water partition coefficient (Wildman–Crippen LogP) is 2.13. The van der Waals surface area contributed by atoms with Crippen LogP contribution in [-0.4, -0.2) is 16.4 Å². The SMILES string of the molecule is COn1ccc2c(N)cn(Cc3ccccc3)c21. The number of aromatic nitrogens is 2. The molecule has 0 radical (unpaired) electrons. The van der Waals surface area contributed by atoms with Gasteiger partial charge >= 0.3 is 0 Å². The zero-order chi connectivity index (χ0) is 12.5. The molecule has 2 N–H and O–H groups in total. The van der Waals surface area contributed by atoms with E-state index in [1.807, 2.05) is 36.7 Å². The van der Waals surface area contributed by atoms with Gasteiger partial charge in [-0.2, -0.15) is 4.73 Å². The number of benzene rings is 1. The number of hydrogen-bond donors (Lipinski definition) is 1. The van der Waals surface area contributed by atoms with E-state index in [0.29, 0.717) is 0 Å². The zero-order valence-corrected chi connectivity index (χ0v) is 10.2. The van der Waals surface area contributed by atoms with Gasteiger partial charge in [0.25, 0.3) is 0 Å². The highest BCUT2D eigenvalue weighted by Crippen LogP contribution is 2.24. The third-order valence-corrected chi connectivity index (χ3v) is 3.10. The summed E-state index contributed by atoms with van der Waals surface area (Å²) >= 11 is 0. The Hall–Kier alpha value is -2.36. The lowest BCUT2D eigenvalue weighted by atomic mass is 10.2. The van der Waals surface area contributed by atoms with Crippen molar-refractivity contribution in [1.82, 2.24) is 9.30 Å². The monoisotopic (exact) mass is 241 g/mol. The normalized spacial score (nSPS) is 10.9.